The molecule has 0 radical (unpaired) electrons. The highest BCUT2D eigenvalue weighted by Gasteiger charge is 2.32. The zero-order chi connectivity index (χ0) is 17.4. The first-order valence-corrected chi connectivity index (χ1v) is 9.08. The van der Waals surface area contributed by atoms with Crippen molar-refractivity contribution >= 4 is 11.6 Å². The molecule has 1 aromatic carbocycles. The summed E-state index contributed by atoms with van der Waals surface area (Å²) in [7, 11) is 0. The Morgan fingerprint density at radius 1 is 1.25 bits per heavy atom. The van der Waals surface area contributed by atoms with E-state index in [0.29, 0.717) is 30.3 Å². The minimum Gasteiger partial charge on any atom is -0.493 e. The van der Waals surface area contributed by atoms with Crippen LogP contribution in [0, 0.1) is 0 Å². The number of imidazole rings is 1. The Morgan fingerprint density at radius 2 is 2.08 bits per heavy atom. The fraction of sp³-hybridized carbons (Fsp3) is 0.526. The van der Waals surface area contributed by atoms with Gasteiger partial charge in [0.15, 0.2) is 0 Å². The maximum atomic E-state index is 11.4. The Kier molecular flexibility index (Phi) is 7.13. The molecular weight excluding hydrogens is 324 g/mol. The first-order chi connectivity index (χ1) is 11.6. The van der Waals surface area contributed by atoms with Gasteiger partial charge in [0, 0.05) is 23.0 Å². The second-order valence-corrected chi connectivity index (χ2v) is 6.65. The molecular formula is C19H27ClN2O2. The monoisotopic (exact) mass is 350 g/mol. The Morgan fingerprint density at radius 3 is 2.75 bits per heavy atom. The van der Waals surface area contributed by atoms with Crippen LogP contribution in [0.25, 0.3) is 0 Å². The average molecular weight is 351 g/mol. The number of ether oxygens (including phenoxy) is 1. The van der Waals surface area contributed by atoms with E-state index in [4.69, 9.17) is 16.3 Å². The van der Waals surface area contributed by atoms with Crippen molar-refractivity contribution in [3.8, 4) is 5.75 Å². The Hall–Kier alpha value is -1.52. The molecule has 0 aliphatic heterocycles. The van der Waals surface area contributed by atoms with Gasteiger partial charge in [-0.25, -0.2) is 4.98 Å². The maximum absolute atomic E-state index is 11.4. The molecule has 0 aliphatic rings. The second kappa shape index (κ2) is 9.09. The largest absolute Gasteiger partial charge is 0.493 e. The number of hydrogen-bond donors (Lipinski definition) is 1. The van der Waals surface area contributed by atoms with Gasteiger partial charge >= 0.3 is 0 Å². The third-order valence-electron chi connectivity index (χ3n) is 4.12. The van der Waals surface area contributed by atoms with Crippen molar-refractivity contribution in [3.05, 3.63) is 47.5 Å². The van der Waals surface area contributed by atoms with Crippen molar-refractivity contribution in [3.63, 3.8) is 0 Å². The van der Waals surface area contributed by atoms with E-state index in [1.807, 2.05) is 29.0 Å². The fourth-order valence-corrected chi connectivity index (χ4v) is 3.09. The molecule has 1 unspecified atom stereocenters. The van der Waals surface area contributed by atoms with Crippen LogP contribution in [0.1, 0.15) is 51.5 Å². The normalized spacial score (nSPS) is 13.7. The van der Waals surface area contributed by atoms with E-state index in [1.165, 1.54) is 0 Å². The van der Waals surface area contributed by atoms with E-state index in [9.17, 15) is 5.11 Å². The summed E-state index contributed by atoms with van der Waals surface area (Å²) in [6, 6.07) is 5.49. The van der Waals surface area contributed by atoms with Crippen LogP contribution >= 0.6 is 11.6 Å². The summed E-state index contributed by atoms with van der Waals surface area (Å²) in [6.45, 7) is 5.30. The van der Waals surface area contributed by atoms with E-state index < -0.39 is 5.60 Å². The Balaban J connectivity index is 2.28. The summed E-state index contributed by atoms with van der Waals surface area (Å²) in [5.74, 6) is 0.714. The number of hydrogen-bond acceptors (Lipinski definition) is 3. The lowest BCUT2D eigenvalue weighted by molar-refractivity contribution is 0.00625. The van der Waals surface area contributed by atoms with Crippen LogP contribution in [0.3, 0.4) is 0 Å². The van der Waals surface area contributed by atoms with Crippen LogP contribution < -0.4 is 4.74 Å². The van der Waals surface area contributed by atoms with Crippen molar-refractivity contribution in [2.45, 2.75) is 58.1 Å². The van der Waals surface area contributed by atoms with Gasteiger partial charge in [0.05, 0.1) is 19.5 Å². The van der Waals surface area contributed by atoms with E-state index in [1.54, 1.807) is 12.5 Å². The van der Waals surface area contributed by atoms with Gasteiger partial charge in [-0.3, -0.25) is 0 Å². The van der Waals surface area contributed by atoms with Crippen molar-refractivity contribution in [1.29, 1.82) is 0 Å². The number of rotatable bonds is 10. The Labute approximate surface area is 149 Å². The smallest absolute Gasteiger partial charge is 0.125 e. The van der Waals surface area contributed by atoms with Crippen molar-refractivity contribution < 1.29 is 9.84 Å². The van der Waals surface area contributed by atoms with Crippen LogP contribution in [-0.2, 0) is 12.1 Å². The predicted molar refractivity (Wildman–Crippen MR) is 97.5 cm³/mol. The molecule has 1 atom stereocenters. The molecule has 0 spiro atoms. The minimum atomic E-state index is -1.04. The average Bonchev–Trinajstić information content (AvgIpc) is 3.05. The third kappa shape index (κ3) is 4.99. The van der Waals surface area contributed by atoms with Crippen molar-refractivity contribution in [1.82, 2.24) is 9.55 Å². The number of unbranched alkanes of at least 4 members (excludes halogenated alkanes) is 2. The molecule has 0 bridgehead atoms. The minimum absolute atomic E-state index is 0.423. The molecule has 24 heavy (non-hydrogen) atoms. The molecule has 1 aromatic heterocycles. The molecule has 0 aliphatic carbocycles. The second-order valence-electron chi connectivity index (χ2n) is 6.21. The number of aromatic nitrogens is 2. The van der Waals surface area contributed by atoms with Crippen molar-refractivity contribution in [2.24, 2.45) is 0 Å². The molecule has 0 saturated carbocycles. The number of halogens is 1. The topological polar surface area (TPSA) is 47.3 Å². The van der Waals surface area contributed by atoms with Gasteiger partial charge in [0.25, 0.3) is 0 Å². The van der Waals surface area contributed by atoms with Gasteiger partial charge in [-0.2, -0.15) is 0 Å². The van der Waals surface area contributed by atoms with Crippen LogP contribution in [0.2, 0.25) is 5.02 Å². The van der Waals surface area contributed by atoms with Gasteiger partial charge in [-0.1, -0.05) is 44.7 Å². The summed E-state index contributed by atoms with van der Waals surface area (Å²) in [5, 5.41) is 12.0. The highest BCUT2D eigenvalue weighted by molar-refractivity contribution is 6.30. The lowest BCUT2D eigenvalue weighted by Gasteiger charge is -2.30. The first kappa shape index (κ1) is 18.8. The van der Waals surface area contributed by atoms with Crippen LogP contribution in [-0.4, -0.2) is 21.3 Å². The van der Waals surface area contributed by atoms with Gasteiger partial charge in [-0.05, 0) is 31.0 Å². The zero-order valence-electron chi connectivity index (χ0n) is 14.5. The number of aliphatic hydroxyl groups is 1. The molecule has 2 aromatic rings. The van der Waals surface area contributed by atoms with Crippen molar-refractivity contribution in [2.75, 3.05) is 6.61 Å². The van der Waals surface area contributed by atoms with E-state index >= 15 is 0 Å². The maximum Gasteiger partial charge on any atom is 0.125 e. The van der Waals surface area contributed by atoms with Gasteiger partial charge in [-0.15, -0.1) is 0 Å². The summed E-state index contributed by atoms with van der Waals surface area (Å²) in [4.78, 5) is 4.06. The summed E-state index contributed by atoms with van der Waals surface area (Å²) >= 11 is 6.20. The fourth-order valence-electron chi connectivity index (χ4n) is 2.92. The van der Waals surface area contributed by atoms with E-state index in [2.05, 4.69) is 18.8 Å². The third-order valence-corrected chi connectivity index (χ3v) is 4.35. The van der Waals surface area contributed by atoms with E-state index in [0.717, 1.165) is 31.2 Å². The van der Waals surface area contributed by atoms with Gasteiger partial charge in [0.1, 0.15) is 11.4 Å². The summed E-state index contributed by atoms with van der Waals surface area (Å²) in [6.07, 6.45) is 10.1. The first-order valence-electron chi connectivity index (χ1n) is 8.70. The lowest BCUT2D eigenvalue weighted by atomic mass is 9.88. The Bertz CT molecular complexity index is 616. The SMILES string of the molecule is CCCCCOc1ccc(Cl)cc1C(O)(CCC)Cn1ccnc1. The molecule has 132 valence electrons. The molecule has 2 rings (SSSR count). The van der Waals surface area contributed by atoms with Crippen LogP contribution in [0.4, 0.5) is 0 Å². The molecule has 1 heterocycles. The molecule has 0 amide bonds. The predicted octanol–water partition coefficient (Wildman–Crippen LogP) is 4.79. The molecule has 0 fully saturated rings. The molecule has 1 N–H and O–H groups in total. The number of benzene rings is 1. The summed E-state index contributed by atoms with van der Waals surface area (Å²) in [5.41, 5.74) is -0.289. The molecule has 0 saturated heterocycles. The summed E-state index contributed by atoms with van der Waals surface area (Å²) < 4.78 is 7.85. The standard InChI is InChI=1S/C19H27ClN2O2/c1-3-5-6-12-24-18-8-7-16(20)13-17(18)19(23,9-4-2)14-22-11-10-21-15-22/h7-8,10-11,13,15,23H,3-6,9,12,14H2,1-2H3. The van der Waals surface area contributed by atoms with Gasteiger partial charge in [0.2, 0.25) is 0 Å². The number of nitrogens with zero attached hydrogens (tertiary/aromatic N) is 2. The van der Waals surface area contributed by atoms with Crippen LogP contribution in [0.5, 0.6) is 5.75 Å². The van der Waals surface area contributed by atoms with E-state index in [-0.39, 0.29) is 0 Å². The van der Waals surface area contributed by atoms with Gasteiger partial charge < -0.3 is 14.4 Å². The molecule has 5 heteroatoms. The zero-order valence-corrected chi connectivity index (χ0v) is 15.3. The quantitative estimate of drug-likeness (QED) is 0.626. The molecule has 4 nitrogen and oxygen atoms in total. The highest BCUT2D eigenvalue weighted by atomic mass is 35.5. The highest BCUT2D eigenvalue weighted by Crippen LogP contribution is 2.37. The lowest BCUT2D eigenvalue weighted by Crippen LogP contribution is -2.31. The van der Waals surface area contributed by atoms with Crippen LogP contribution in [0.15, 0.2) is 36.9 Å².